The van der Waals surface area contributed by atoms with Crippen LogP contribution in [0.5, 0.6) is 0 Å². The van der Waals surface area contributed by atoms with Gasteiger partial charge >= 0.3 is 0 Å². The molecule has 0 radical (unpaired) electrons. The molecule has 1 aromatic heterocycles. The molecule has 0 unspecified atom stereocenters. The van der Waals surface area contributed by atoms with Crippen LogP contribution in [0, 0.1) is 13.8 Å². The minimum atomic E-state index is 0.745. The molecule has 0 saturated carbocycles. The fourth-order valence-corrected chi connectivity index (χ4v) is 1.76. The molecule has 2 aliphatic rings. The number of hydrogen-bond acceptors (Lipinski definition) is 4. The summed E-state index contributed by atoms with van der Waals surface area (Å²) in [6.45, 7) is 3.96. The summed E-state index contributed by atoms with van der Waals surface area (Å²) in [5, 5.41) is 0. The zero-order chi connectivity index (χ0) is 10.4. The van der Waals surface area contributed by atoms with Gasteiger partial charge in [-0.25, -0.2) is 15.0 Å². The molecule has 74 valence electrons. The summed E-state index contributed by atoms with van der Waals surface area (Å²) >= 11 is 0. The van der Waals surface area contributed by atoms with Crippen LogP contribution in [0.3, 0.4) is 0 Å². The summed E-state index contributed by atoms with van der Waals surface area (Å²) in [6, 6.07) is 0. The van der Waals surface area contributed by atoms with Gasteiger partial charge in [-0.2, -0.15) is 0 Å². The van der Waals surface area contributed by atoms with Gasteiger partial charge in [-0.3, -0.25) is 4.98 Å². The maximum Gasteiger partial charge on any atom is 0.116 e. The molecule has 0 bridgehead atoms. The summed E-state index contributed by atoms with van der Waals surface area (Å²) in [7, 11) is 0. The van der Waals surface area contributed by atoms with E-state index < -0.39 is 0 Å². The lowest BCUT2D eigenvalue weighted by molar-refractivity contribution is 0.964. The molecule has 0 aromatic carbocycles. The van der Waals surface area contributed by atoms with Crippen molar-refractivity contribution in [3.63, 3.8) is 0 Å². The van der Waals surface area contributed by atoms with Gasteiger partial charge in [0.25, 0.3) is 0 Å². The number of nitrogens with zero attached hydrogens (tertiary/aromatic N) is 4. The molecule has 4 heteroatoms. The van der Waals surface area contributed by atoms with Crippen molar-refractivity contribution in [2.24, 2.45) is 9.98 Å². The zero-order valence-corrected chi connectivity index (χ0v) is 8.65. The first kappa shape index (κ1) is 8.47. The van der Waals surface area contributed by atoms with Gasteiger partial charge in [0.1, 0.15) is 6.34 Å². The Kier molecular flexibility index (Phi) is 1.59. The number of aryl methyl sites for hydroxylation is 2. The fourth-order valence-electron chi connectivity index (χ4n) is 1.76. The van der Waals surface area contributed by atoms with E-state index in [2.05, 4.69) is 20.0 Å². The molecule has 4 nitrogen and oxygen atoms in total. The minimum absolute atomic E-state index is 0.745. The smallest absolute Gasteiger partial charge is 0.116 e. The maximum absolute atomic E-state index is 4.53. The predicted octanol–water partition coefficient (Wildman–Crippen LogP) is 1.47. The second-order valence-corrected chi connectivity index (χ2v) is 3.75. The highest BCUT2D eigenvalue weighted by Crippen LogP contribution is 2.23. The number of hydrogen-bond donors (Lipinski definition) is 0. The van der Waals surface area contributed by atoms with Crippen molar-refractivity contribution in [2.75, 3.05) is 0 Å². The number of aliphatic imine (C=N–C) groups is 2. The molecule has 2 heterocycles. The molecule has 0 fully saturated rings. The van der Waals surface area contributed by atoms with Crippen LogP contribution >= 0.6 is 0 Å². The maximum atomic E-state index is 4.53. The van der Waals surface area contributed by atoms with E-state index in [0.29, 0.717) is 0 Å². The van der Waals surface area contributed by atoms with E-state index in [1.165, 1.54) is 0 Å². The van der Waals surface area contributed by atoms with Crippen LogP contribution in [0.2, 0.25) is 0 Å². The van der Waals surface area contributed by atoms with Crippen LogP contribution in [-0.4, -0.2) is 22.0 Å². The third-order valence-electron chi connectivity index (χ3n) is 2.72. The van der Waals surface area contributed by atoms with Crippen molar-refractivity contribution < 1.29 is 0 Å². The Morgan fingerprint density at radius 3 is 2.80 bits per heavy atom. The molecule has 15 heavy (non-hydrogen) atoms. The van der Waals surface area contributed by atoms with Gasteiger partial charge in [0.2, 0.25) is 0 Å². The molecule has 0 spiro atoms. The van der Waals surface area contributed by atoms with E-state index in [9.17, 15) is 0 Å². The van der Waals surface area contributed by atoms with E-state index in [-0.39, 0.29) is 0 Å². The SMILES string of the molecule is Cc1nc2c(nc1C)CC1=NC=NC1=C2. The second kappa shape index (κ2) is 2.82. The third kappa shape index (κ3) is 1.21. The Bertz CT molecular complexity index is 538. The van der Waals surface area contributed by atoms with Crippen molar-refractivity contribution in [1.82, 2.24) is 9.97 Å². The number of fused-ring (bicyclic) bond motifs is 2. The highest BCUT2D eigenvalue weighted by Gasteiger charge is 2.21. The average Bonchev–Trinajstić information content (AvgIpc) is 2.63. The van der Waals surface area contributed by atoms with E-state index in [0.717, 1.165) is 40.6 Å². The van der Waals surface area contributed by atoms with Gasteiger partial charge in [0.05, 0.1) is 34.2 Å². The molecule has 0 atom stereocenters. The molecule has 0 amide bonds. The molecule has 1 aliphatic heterocycles. The lowest BCUT2D eigenvalue weighted by atomic mass is 10.0. The lowest BCUT2D eigenvalue weighted by Crippen LogP contribution is -2.14. The average molecular weight is 198 g/mol. The van der Waals surface area contributed by atoms with Gasteiger partial charge < -0.3 is 0 Å². The molecule has 1 aliphatic carbocycles. The summed E-state index contributed by atoms with van der Waals surface area (Å²) in [6.07, 6.45) is 4.29. The molecular weight excluding hydrogens is 188 g/mol. The molecule has 0 saturated heterocycles. The Morgan fingerprint density at radius 1 is 1.13 bits per heavy atom. The summed E-state index contributed by atoms with van der Waals surface area (Å²) < 4.78 is 0. The van der Waals surface area contributed by atoms with Crippen LogP contribution in [-0.2, 0) is 6.42 Å². The predicted molar refractivity (Wildman–Crippen MR) is 59.1 cm³/mol. The van der Waals surface area contributed by atoms with E-state index in [1.54, 1.807) is 6.34 Å². The Morgan fingerprint density at radius 2 is 1.93 bits per heavy atom. The topological polar surface area (TPSA) is 50.5 Å². The second-order valence-electron chi connectivity index (χ2n) is 3.75. The van der Waals surface area contributed by atoms with Crippen molar-refractivity contribution in [2.45, 2.75) is 20.3 Å². The van der Waals surface area contributed by atoms with Crippen molar-refractivity contribution in [3.05, 3.63) is 28.5 Å². The first-order valence-corrected chi connectivity index (χ1v) is 4.89. The Balaban J connectivity index is 2.20. The standard InChI is InChI=1S/C11H10N4/c1-6-7(2)15-11-4-9-8(12-5-13-9)3-10(11)14-6/h3,5H,4H2,1-2H3. The van der Waals surface area contributed by atoms with Crippen LogP contribution in [0.4, 0.5) is 0 Å². The Hall–Kier alpha value is -1.84. The van der Waals surface area contributed by atoms with Gasteiger partial charge in [0.15, 0.2) is 0 Å². The van der Waals surface area contributed by atoms with Gasteiger partial charge in [-0.15, -0.1) is 0 Å². The van der Waals surface area contributed by atoms with Crippen molar-refractivity contribution in [1.29, 1.82) is 0 Å². The van der Waals surface area contributed by atoms with Gasteiger partial charge in [0, 0.05) is 6.42 Å². The van der Waals surface area contributed by atoms with Gasteiger partial charge in [-0.1, -0.05) is 0 Å². The molecule has 1 aromatic rings. The number of rotatable bonds is 0. The van der Waals surface area contributed by atoms with Crippen molar-refractivity contribution >= 4 is 18.1 Å². The number of aromatic nitrogens is 2. The van der Waals surface area contributed by atoms with Crippen molar-refractivity contribution in [3.8, 4) is 0 Å². The van der Waals surface area contributed by atoms with Gasteiger partial charge in [-0.05, 0) is 19.9 Å². The van der Waals surface area contributed by atoms with Crippen LogP contribution in [0.15, 0.2) is 15.7 Å². The summed E-state index contributed by atoms with van der Waals surface area (Å²) in [5.74, 6) is 0. The number of allylic oxidation sites excluding steroid dienone is 1. The zero-order valence-electron chi connectivity index (χ0n) is 8.65. The first-order chi connectivity index (χ1) is 7.24. The molecule has 0 N–H and O–H groups in total. The third-order valence-corrected chi connectivity index (χ3v) is 2.72. The summed E-state index contributed by atoms with van der Waals surface area (Å²) in [5.41, 5.74) is 5.84. The first-order valence-electron chi connectivity index (χ1n) is 4.89. The lowest BCUT2D eigenvalue weighted by Gasteiger charge is -2.13. The highest BCUT2D eigenvalue weighted by atomic mass is 15.0. The largest absolute Gasteiger partial charge is 0.254 e. The Labute approximate surface area is 87.5 Å². The van der Waals surface area contributed by atoms with Crippen LogP contribution < -0.4 is 0 Å². The normalized spacial score (nSPS) is 16.9. The fraction of sp³-hybridized carbons (Fsp3) is 0.273. The summed E-state index contributed by atoms with van der Waals surface area (Å²) in [4.78, 5) is 17.4. The quantitative estimate of drug-likeness (QED) is 0.634. The van der Waals surface area contributed by atoms with E-state index in [4.69, 9.17) is 0 Å². The minimum Gasteiger partial charge on any atom is -0.254 e. The molecule has 3 rings (SSSR count). The molecular formula is C11H10N4. The van der Waals surface area contributed by atoms with Crippen LogP contribution in [0.1, 0.15) is 22.8 Å². The van der Waals surface area contributed by atoms with E-state index >= 15 is 0 Å². The monoisotopic (exact) mass is 198 g/mol. The van der Waals surface area contributed by atoms with E-state index in [1.807, 2.05) is 19.9 Å². The highest BCUT2D eigenvalue weighted by molar-refractivity contribution is 6.12. The van der Waals surface area contributed by atoms with Crippen LogP contribution in [0.25, 0.3) is 6.08 Å².